The maximum atomic E-state index is 12.8. The van der Waals surface area contributed by atoms with Gasteiger partial charge < -0.3 is 0 Å². The molecule has 0 fully saturated rings. The Morgan fingerprint density at radius 2 is 1.84 bits per heavy atom. The van der Waals surface area contributed by atoms with E-state index in [1.807, 2.05) is 0 Å². The number of sulfonamides is 1. The number of hydrogen-bond donors (Lipinski definition) is 1. The van der Waals surface area contributed by atoms with E-state index in [-0.39, 0.29) is 14.8 Å². The Labute approximate surface area is 110 Å². The first-order valence-electron chi connectivity index (χ1n) is 4.85. The standard InChI is InChI=1S/C10H7F3N2O2S2/c11-10(12,13)7-4-2-1-3-6(7)9-15-5-8(18-9)19(14,16)17/h1-5H,(H2,14,16,17). The van der Waals surface area contributed by atoms with Crippen LogP contribution in [-0.4, -0.2) is 13.4 Å². The Bertz CT molecular complexity index is 708. The van der Waals surface area contributed by atoms with E-state index in [4.69, 9.17) is 5.14 Å². The van der Waals surface area contributed by atoms with E-state index < -0.39 is 21.8 Å². The van der Waals surface area contributed by atoms with Crippen molar-refractivity contribution < 1.29 is 21.6 Å². The van der Waals surface area contributed by atoms with Crippen molar-refractivity contribution in [3.05, 3.63) is 36.0 Å². The summed E-state index contributed by atoms with van der Waals surface area (Å²) in [6, 6.07) is 4.81. The second-order valence-corrected chi connectivity index (χ2v) is 6.39. The molecule has 0 aliphatic heterocycles. The molecule has 0 saturated carbocycles. The molecule has 9 heteroatoms. The summed E-state index contributed by atoms with van der Waals surface area (Å²) in [6.07, 6.45) is -3.59. The highest BCUT2D eigenvalue weighted by molar-refractivity contribution is 7.91. The highest BCUT2D eigenvalue weighted by Gasteiger charge is 2.34. The van der Waals surface area contributed by atoms with Gasteiger partial charge in [-0.15, -0.1) is 11.3 Å². The first kappa shape index (κ1) is 14.0. The van der Waals surface area contributed by atoms with E-state index in [9.17, 15) is 21.6 Å². The largest absolute Gasteiger partial charge is 0.417 e. The summed E-state index contributed by atoms with van der Waals surface area (Å²) in [5, 5.41) is 4.85. The Balaban J connectivity index is 2.58. The Morgan fingerprint density at radius 1 is 1.21 bits per heavy atom. The maximum Gasteiger partial charge on any atom is 0.417 e. The molecule has 0 bridgehead atoms. The molecule has 1 heterocycles. The summed E-state index contributed by atoms with van der Waals surface area (Å²) in [6.45, 7) is 0. The average molecular weight is 308 g/mol. The van der Waals surface area contributed by atoms with Gasteiger partial charge in [0.05, 0.1) is 11.8 Å². The Hall–Kier alpha value is -1.45. The van der Waals surface area contributed by atoms with E-state index in [2.05, 4.69) is 4.98 Å². The van der Waals surface area contributed by atoms with E-state index in [0.717, 1.165) is 12.3 Å². The third-order valence-electron chi connectivity index (χ3n) is 2.23. The molecule has 0 unspecified atom stereocenters. The summed E-state index contributed by atoms with van der Waals surface area (Å²) >= 11 is 0.599. The van der Waals surface area contributed by atoms with Crippen molar-refractivity contribution in [2.45, 2.75) is 10.4 Å². The monoisotopic (exact) mass is 308 g/mol. The number of halogens is 3. The van der Waals surface area contributed by atoms with Crippen LogP contribution in [0.5, 0.6) is 0 Å². The molecule has 2 rings (SSSR count). The van der Waals surface area contributed by atoms with Gasteiger partial charge in [0, 0.05) is 5.56 Å². The number of hydrogen-bond acceptors (Lipinski definition) is 4. The zero-order chi connectivity index (χ0) is 14.3. The highest BCUT2D eigenvalue weighted by Crippen LogP contribution is 2.38. The minimum absolute atomic E-state index is 0.0445. The van der Waals surface area contributed by atoms with E-state index in [1.54, 1.807) is 0 Å². The normalized spacial score (nSPS) is 12.6. The molecule has 0 radical (unpaired) electrons. The van der Waals surface area contributed by atoms with Crippen LogP contribution in [0.25, 0.3) is 10.6 Å². The fourth-order valence-electron chi connectivity index (χ4n) is 1.43. The number of alkyl halides is 3. The molecule has 0 spiro atoms. The second kappa shape index (κ2) is 4.58. The number of primary sulfonamides is 1. The predicted octanol–water partition coefficient (Wildman–Crippen LogP) is 2.48. The van der Waals surface area contributed by atoms with Gasteiger partial charge in [-0.3, -0.25) is 0 Å². The van der Waals surface area contributed by atoms with Crippen LogP contribution < -0.4 is 5.14 Å². The second-order valence-electron chi connectivity index (χ2n) is 3.57. The quantitative estimate of drug-likeness (QED) is 0.926. The van der Waals surface area contributed by atoms with Crippen LogP contribution in [0.3, 0.4) is 0 Å². The molecular formula is C10H7F3N2O2S2. The molecule has 4 nitrogen and oxygen atoms in total. The number of rotatable bonds is 2. The third-order valence-corrected chi connectivity index (χ3v) is 4.67. The van der Waals surface area contributed by atoms with Crippen molar-refractivity contribution in [2.75, 3.05) is 0 Å². The maximum absolute atomic E-state index is 12.8. The molecule has 2 N–H and O–H groups in total. The zero-order valence-electron chi connectivity index (χ0n) is 9.18. The van der Waals surface area contributed by atoms with Gasteiger partial charge >= 0.3 is 6.18 Å². The van der Waals surface area contributed by atoms with Gasteiger partial charge in [0.25, 0.3) is 0 Å². The molecule has 2 aromatic rings. The van der Waals surface area contributed by atoms with E-state index in [0.29, 0.717) is 11.3 Å². The lowest BCUT2D eigenvalue weighted by Crippen LogP contribution is -2.09. The van der Waals surface area contributed by atoms with Crippen molar-refractivity contribution >= 4 is 21.4 Å². The number of thiazole rings is 1. The van der Waals surface area contributed by atoms with E-state index in [1.165, 1.54) is 18.2 Å². The van der Waals surface area contributed by atoms with Crippen molar-refractivity contribution in [3.8, 4) is 10.6 Å². The number of nitrogens with zero attached hydrogens (tertiary/aromatic N) is 1. The van der Waals surface area contributed by atoms with Gasteiger partial charge in [-0.05, 0) is 6.07 Å². The third kappa shape index (κ3) is 2.94. The van der Waals surface area contributed by atoms with Gasteiger partial charge in [0.15, 0.2) is 4.21 Å². The summed E-state index contributed by atoms with van der Waals surface area (Å²) < 4.78 is 60.3. The summed E-state index contributed by atoms with van der Waals surface area (Å²) in [4.78, 5) is 3.69. The molecule has 0 saturated heterocycles. The summed E-state index contributed by atoms with van der Waals surface area (Å²) in [5.74, 6) is 0. The van der Waals surface area contributed by atoms with Crippen molar-refractivity contribution in [2.24, 2.45) is 5.14 Å². The van der Waals surface area contributed by atoms with Crippen LogP contribution in [-0.2, 0) is 16.2 Å². The van der Waals surface area contributed by atoms with Crippen molar-refractivity contribution in [1.29, 1.82) is 0 Å². The van der Waals surface area contributed by atoms with Crippen LogP contribution >= 0.6 is 11.3 Å². The van der Waals surface area contributed by atoms with Crippen molar-refractivity contribution in [3.63, 3.8) is 0 Å². The summed E-state index contributed by atoms with van der Waals surface area (Å²) in [7, 11) is -3.96. The molecule has 0 atom stereocenters. The smallest absolute Gasteiger partial charge is 0.243 e. The van der Waals surface area contributed by atoms with Gasteiger partial charge in [0.1, 0.15) is 5.01 Å². The van der Waals surface area contributed by atoms with Crippen LogP contribution in [0.1, 0.15) is 5.56 Å². The van der Waals surface area contributed by atoms with Crippen molar-refractivity contribution in [1.82, 2.24) is 4.98 Å². The number of benzene rings is 1. The van der Waals surface area contributed by atoms with Crippen LogP contribution in [0.2, 0.25) is 0 Å². The molecule has 0 aliphatic rings. The van der Waals surface area contributed by atoms with Crippen LogP contribution in [0, 0.1) is 0 Å². The first-order chi connectivity index (χ1) is 8.69. The molecule has 0 aliphatic carbocycles. The molecule has 0 amide bonds. The molecule has 1 aromatic carbocycles. The Morgan fingerprint density at radius 3 is 2.37 bits per heavy atom. The van der Waals surface area contributed by atoms with Gasteiger partial charge in [-0.2, -0.15) is 13.2 Å². The minimum atomic E-state index is -4.54. The first-order valence-corrected chi connectivity index (χ1v) is 7.21. The lowest BCUT2D eigenvalue weighted by atomic mass is 10.1. The van der Waals surface area contributed by atoms with Gasteiger partial charge in [-0.25, -0.2) is 18.5 Å². The van der Waals surface area contributed by atoms with Crippen LogP contribution in [0.4, 0.5) is 13.2 Å². The van der Waals surface area contributed by atoms with E-state index >= 15 is 0 Å². The SMILES string of the molecule is NS(=O)(=O)c1cnc(-c2ccccc2C(F)(F)F)s1. The predicted molar refractivity (Wildman–Crippen MR) is 63.9 cm³/mol. The molecule has 19 heavy (non-hydrogen) atoms. The number of aromatic nitrogens is 1. The summed E-state index contributed by atoms with van der Waals surface area (Å²) in [5.41, 5.74) is -1.04. The van der Waals surface area contributed by atoms with Gasteiger partial charge in [0.2, 0.25) is 10.0 Å². The van der Waals surface area contributed by atoms with Gasteiger partial charge in [-0.1, -0.05) is 18.2 Å². The molecular weight excluding hydrogens is 301 g/mol. The molecule has 102 valence electrons. The minimum Gasteiger partial charge on any atom is -0.243 e. The fraction of sp³-hybridized carbons (Fsp3) is 0.100. The van der Waals surface area contributed by atoms with Crippen LogP contribution in [0.15, 0.2) is 34.7 Å². The zero-order valence-corrected chi connectivity index (χ0v) is 10.8. The fourth-order valence-corrected chi connectivity index (χ4v) is 3.02. The number of nitrogens with two attached hydrogens (primary N) is 1. The lowest BCUT2D eigenvalue weighted by Gasteiger charge is -2.10. The average Bonchev–Trinajstić information content (AvgIpc) is 2.76. The highest BCUT2D eigenvalue weighted by atomic mass is 32.2. The molecule has 1 aromatic heterocycles. The Kier molecular flexibility index (Phi) is 3.37. The topological polar surface area (TPSA) is 73.1 Å². The lowest BCUT2D eigenvalue weighted by molar-refractivity contribution is -0.137.